The molecule has 4 nitrogen and oxygen atoms in total. The molecule has 0 N–H and O–H groups in total. The number of hydrogen-bond donors (Lipinski definition) is 0. The van der Waals surface area contributed by atoms with Crippen LogP contribution in [0.15, 0.2) is 109 Å². The molecule has 0 radical (unpaired) electrons. The minimum Gasteiger partial charge on any atom is -0.489 e. The van der Waals surface area contributed by atoms with E-state index in [9.17, 15) is 0 Å². The van der Waals surface area contributed by atoms with Crippen molar-refractivity contribution in [2.75, 3.05) is 32.2 Å². The lowest BCUT2D eigenvalue weighted by molar-refractivity contribution is -0.141. The molecule has 1 heterocycles. The molecule has 2 aliphatic rings. The number of rotatable bonds is 9. The molecule has 4 heteroatoms. The van der Waals surface area contributed by atoms with Crippen molar-refractivity contribution in [1.29, 1.82) is 0 Å². The minimum atomic E-state index is -0.113. The summed E-state index contributed by atoms with van der Waals surface area (Å²) >= 11 is 0. The molecule has 0 amide bonds. The Kier molecular flexibility index (Phi) is 8.50. The average Bonchev–Trinajstić information content (AvgIpc) is 3.05. The molecule has 6 rings (SSSR count). The van der Waals surface area contributed by atoms with E-state index in [2.05, 4.69) is 108 Å². The summed E-state index contributed by atoms with van der Waals surface area (Å²) in [6.45, 7) is 2.60. The van der Waals surface area contributed by atoms with Gasteiger partial charge in [0.15, 0.2) is 6.29 Å². The van der Waals surface area contributed by atoms with Crippen LogP contribution in [0.5, 0.6) is 5.75 Å². The summed E-state index contributed by atoms with van der Waals surface area (Å²) in [5.41, 5.74) is 9.12. The van der Waals surface area contributed by atoms with Gasteiger partial charge >= 0.3 is 0 Å². The summed E-state index contributed by atoms with van der Waals surface area (Å²) in [7, 11) is 3.47. The summed E-state index contributed by atoms with van der Waals surface area (Å²) < 4.78 is 17.2. The van der Waals surface area contributed by atoms with Crippen LogP contribution < -0.4 is 9.64 Å². The third-order valence-electron chi connectivity index (χ3n) is 8.61. The van der Waals surface area contributed by atoms with E-state index in [0.29, 0.717) is 12.5 Å². The van der Waals surface area contributed by atoms with Gasteiger partial charge in [-0.15, -0.1) is 0 Å². The van der Waals surface area contributed by atoms with Gasteiger partial charge in [0, 0.05) is 44.8 Å². The molecular weight excluding hydrogens is 506 g/mol. The van der Waals surface area contributed by atoms with Crippen LogP contribution in [0.25, 0.3) is 5.57 Å². The smallest absolute Gasteiger partial charge is 0.159 e. The zero-order chi connectivity index (χ0) is 28.0. The number of nitrogens with zero attached hydrogens (tertiary/aromatic N) is 1. The van der Waals surface area contributed by atoms with Crippen LogP contribution in [0.3, 0.4) is 0 Å². The maximum Gasteiger partial charge on any atom is 0.159 e. The molecule has 0 bridgehead atoms. The Morgan fingerprint density at radius 1 is 0.780 bits per heavy atom. The highest BCUT2D eigenvalue weighted by atomic mass is 16.7. The van der Waals surface area contributed by atoms with Gasteiger partial charge in [0.05, 0.1) is 0 Å². The number of methoxy groups -OCH3 is 2. The number of piperidine rings is 1. The van der Waals surface area contributed by atoms with Crippen LogP contribution in [-0.4, -0.2) is 33.6 Å². The number of ether oxygens (including phenoxy) is 3. The number of hydrogen-bond acceptors (Lipinski definition) is 4. The lowest BCUT2D eigenvalue weighted by Crippen LogP contribution is -2.39. The van der Waals surface area contributed by atoms with Gasteiger partial charge in [-0.2, -0.15) is 0 Å². The monoisotopic (exact) mass is 545 g/mol. The van der Waals surface area contributed by atoms with Gasteiger partial charge in [0.1, 0.15) is 12.4 Å². The standard InChI is InChI=1S/C37H39NO3/c1-39-37(40-2)30-21-23-38(24-22-30)32-16-13-29(14-17-32)36-34(28-11-7-4-8-12-28)19-15-31-25-33(18-20-35(31)36)41-26-27-9-5-3-6-10-27/h3-14,16-20,25,30,36-37H,15,21-24,26H2,1-2H3/t36-/m0/s1. The number of allylic oxidation sites excluding steroid dienone is 2. The highest BCUT2D eigenvalue weighted by Crippen LogP contribution is 2.44. The van der Waals surface area contributed by atoms with Crippen LogP contribution in [0, 0.1) is 5.92 Å². The highest BCUT2D eigenvalue weighted by molar-refractivity contribution is 5.78. The molecule has 0 saturated carbocycles. The molecule has 41 heavy (non-hydrogen) atoms. The molecule has 1 saturated heterocycles. The second-order valence-corrected chi connectivity index (χ2v) is 11.1. The first-order valence-electron chi connectivity index (χ1n) is 14.7. The van der Waals surface area contributed by atoms with Gasteiger partial charge in [0.25, 0.3) is 0 Å². The second kappa shape index (κ2) is 12.8. The fraction of sp³-hybridized carbons (Fsp3) is 0.297. The molecule has 0 aromatic heterocycles. The Bertz CT molecular complexity index is 1440. The van der Waals surface area contributed by atoms with Gasteiger partial charge in [-0.25, -0.2) is 0 Å². The Morgan fingerprint density at radius 2 is 1.46 bits per heavy atom. The van der Waals surface area contributed by atoms with E-state index >= 15 is 0 Å². The lowest BCUT2D eigenvalue weighted by Gasteiger charge is -2.36. The first-order valence-corrected chi connectivity index (χ1v) is 14.7. The zero-order valence-corrected chi connectivity index (χ0v) is 24.0. The first-order chi connectivity index (χ1) is 20.2. The van der Waals surface area contributed by atoms with Gasteiger partial charge in [0.2, 0.25) is 0 Å². The molecular formula is C37H39NO3. The van der Waals surface area contributed by atoms with E-state index in [1.165, 1.54) is 39.1 Å². The van der Waals surface area contributed by atoms with Crippen LogP contribution in [0.2, 0.25) is 0 Å². The zero-order valence-electron chi connectivity index (χ0n) is 24.0. The quantitative estimate of drug-likeness (QED) is 0.200. The average molecular weight is 546 g/mol. The van der Waals surface area contributed by atoms with Gasteiger partial charge in [-0.1, -0.05) is 84.9 Å². The van der Waals surface area contributed by atoms with E-state index in [-0.39, 0.29) is 12.2 Å². The van der Waals surface area contributed by atoms with Crippen LogP contribution in [0.4, 0.5) is 5.69 Å². The largest absolute Gasteiger partial charge is 0.489 e. The third kappa shape index (κ3) is 6.09. The molecule has 1 fully saturated rings. The van der Waals surface area contributed by atoms with E-state index in [4.69, 9.17) is 14.2 Å². The Balaban J connectivity index is 1.24. The second-order valence-electron chi connectivity index (χ2n) is 11.1. The van der Waals surface area contributed by atoms with Crippen LogP contribution in [0.1, 0.15) is 46.6 Å². The lowest BCUT2D eigenvalue weighted by atomic mass is 9.75. The van der Waals surface area contributed by atoms with Crippen LogP contribution >= 0.6 is 0 Å². The molecule has 0 unspecified atom stereocenters. The Morgan fingerprint density at radius 3 is 2.15 bits per heavy atom. The molecule has 4 aromatic rings. The van der Waals surface area contributed by atoms with Crippen molar-refractivity contribution in [3.05, 3.63) is 137 Å². The maximum absolute atomic E-state index is 6.19. The van der Waals surface area contributed by atoms with E-state index < -0.39 is 0 Å². The van der Waals surface area contributed by atoms with Crippen molar-refractivity contribution in [1.82, 2.24) is 0 Å². The van der Waals surface area contributed by atoms with Crippen molar-refractivity contribution in [3.63, 3.8) is 0 Å². The molecule has 0 spiro atoms. The highest BCUT2D eigenvalue weighted by Gasteiger charge is 2.28. The molecule has 210 valence electrons. The van der Waals surface area contributed by atoms with Crippen molar-refractivity contribution in [2.45, 2.75) is 38.1 Å². The van der Waals surface area contributed by atoms with Crippen molar-refractivity contribution in [3.8, 4) is 5.75 Å². The number of fused-ring (bicyclic) bond motifs is 1. The first kappa shape index (κ1) is 27.3. The van der Waals surface area contributed by atoms with Crippen molar-refractivity contribution in [2.24, 2.45) is 5.92 Å². The maximum atomic E-state index is 6.19. The van der Waals surface area contributed by atoms with Crippen LogP contribution in [-0.2, 0) is 22.5 Å². The van der Waals surface area contributed by atoms with E-state index in [0.717, 1.165) is 38.1 Å². The topological polar surface area (TPSA) is 30.9 Å². The van der Waals surface area contributed by atoms with Gasteiger partial charge in [-0.3, -0.25) is 0 Å². The SMILES string of the molecule is COC(OC)C1CCN(c2ccc([C@H]3C(c4ccccc4)=CCc4cc(OCc5ccccc5)ccc43)cc2)CC1. The Labute approximate surface area is 244 Å². The molecule has 1 aliphatic carbocycles. The van der Waals surface area contributed by atoms with Crippen molar-refractivity contribution < 1.29 is 14.2 Å². The van der Waals surface area contributed by atoms with E-state index in [1.54, 1.807) is 14.2 Å². The van der Waals surface area contributed by atoms with E-state index in [1.807, 2.05) is 6.07 Å². The number of benzene rings is 4. The summed E-state index contributed by atoms with van der Waals surface area (Å²) in [6.07, 6.45) is 5.33. The summed E-state index contributed by atoms with van der Waals surface area (Å²) in [5.74, 6) is 1.54. The van der Waals surface area contributed by atoms with Gasteiger partial charge < -0.3 is 19.1 Å². The molecule has 1 atom stereocenters. The Hall–Kier alpha value is -3.86. The summed E-state index contributed by atoms with van der Waals surface area (Å²) in [5, 5.41) is 0. The fourth-order valence-electron chi connectivity index (χ4n) is 6.44. The van der Waals surface area contributed by atoms with Gasteiger partial charge in [-0.05, 0) is 76.9 Å². The number of anilines is 1. The predicted molar refractivity (Wildman–Crippen MR) is 166 cm³/mol. The normalized spacial score (nSPS) is 17.3. The summed E-state index contributed by atoms with van der Waals surface area (Å²) in [6, 6.07) is 37.0. The predicted octanol–water partition coefficient (Wildman–Crippen LogP) is 7.87. The minimum absolute atomic E-state index is 0.113. The summed E-state index contributed by atoms with van der Waals surface area (Å²) in [4.78, 5) is 2.49. The fourth-order valence-corrected chi connectivity index (χ4v) is 6.44. The molecule has 4 aromatic carbocycles. The molecule has 1 aliphatic heterocycles. The van der Waals surface area contributed by atoms with Crippen molar-refractivity contribution >= 4 is 11.3 Å². The third-order valence-corrected chi connectivity index (χ3v) is 8.61.